The van der Waals surface area contributed by atoms with Crippen LogP contribution >= 0.6 is 0 Å². The maximum atomic E-state index is 4.96. The third-order valence-electron chi connectivity index (χ3n) is 4.16. The molecule has 0 spiro atoms. The molecule has 1 aromatic carbocycles. The number of pyridine rings is 1. The molecule has 1 aliphatic rings. The van der Waals surface area contributed by atoms with Gasteiger partial charge in [-0.05, 0) is 45.1 Å². The van der Waals surface area contributed by atoms with Crippen LogP contribution in [-0.4, -0.2) is 23.6 Å². The molecule has 0 atom stereocenters. The van der Waals surface area contributed by atoms with Gasteiger partial charge in [0.15, 0.2) is 0 Å². The molecule has 0 aliphatic heterocycles. The van der Waals surface area contributed by atoms with E-state index in [-0.39, 0.29) is 0 Å². The Kier molecular flexibility index (Phi) is 4.11. The maximum Gasteiger partial charge on any atom is 0.137 e. The number of nitrogens with zero attached hydrogens (tertiary/aromatic N) is 2. The molecule has 1 saturated carbocycles. The highest BCUT2D eigenvalue weighted by atomic mass is 15.2. The Hall–Kier alpha value is -1.61. The number of benzene rings is 1. The Balaban J connectivity index is 2.01. The van der Waals surface area contributed by atoms with Crippen LogP contribution in [0, 0.1) is 0 Å². The van der Waals surface area contributed by atoms with Crippen molar-refractivity contribution < 1.29 is 0 Å². The second-order valence-electron chi connectivity index (χ2n) is 6.19. The van der Waals surface area contributed by atoms with E-state index in [2.05, 4.69) is 61.3 Å². The molecular weight excluding hydrogens is 258 g/mol. The van der Waals surface area contributed by atoms with Gasteiger partial charge in [0.1, 0.15) is 5.82 Å². The highest BCUT2D eigenvalue weighted by Crippen LogP contribution is 2.27. The average molecular weight is 283 g/mol. The lowest BCUT2D eigenvalue weighted by Gasteiger charge is -2.28. The molecular formula is C18H25N3. The summed E-state index contributed by atoms with van der Waals surface area (Å²) in [4.78, 5) is 7.33. The predicted octanol–water partition coefficient (Wildman–Crippen LogP) is 3.72. The zero-order valence-electron chi connectivity index (χ0n) is 13.3. The minimum Gasteiger partial charge on any atom is -0.354 e. The minimum atomic E-state index is 0.456. The van der Waals surface area contributed by atoms with Gasteiger partial charge in [-0.15, -0.1) is 0 Å². The smallest absolute Gasteiger partial charge is 0.137 e. The summed E-state index contributed by atoms with van der Waals surface area (Å²) in [6.07, 6.45) is 2.63. The van der Waals surface area contributed by atoms with Crippen LogP contribution in [0.5, 0.6) is 0 Å². The molecule has 21 heavy (non-hydrogen) atoms. The van der Waals surface area contributed by atoms with E-state index in [1.165, 1.54) is 23.6 Å². The van der Waals surface area contributed by atoms with E-state index in [1.807, 2.05) is 0 Å². The van der Waals surface area contributed by atoms with Crippen molar-refractivity contribution in [1.82, 2.24) is 10.3 Å². The van der Waals surface area contributed by atoms with Crippen molar-refractivity contribution in [2.24, 2.45) is 0 Å². The lowest BCUT2D eigenvalue weighted by molar-refractivity contribution is 0.664. The number of nitrogens with one attached hydrogen (secondary N) is 1. The van der Waals surface area contributed by atoms with E-state index in [4.69, 9.17) is 4.98 Å². The van der Waals surface area contributed by atoms with Crippen LogP contribution in [0.2, 0.25) is 0 Å². The Labute approximate surface area is 127 Å². The average Bonchev–Trinajstić information content (AvgIpc) is 3.29. The summed E-state index contributed by atoms with van der Waals surface area (Å²) >= 11 is 0. The van der Waals surface area contributed by atoms with Crippen LogP contribution < -0.4 is 10.2 Å². The number of anilines is 1. The van der Waals surface area contributed by atoms with E-state index in [0.717, 1.165) is 24.6 Å². The number of fused-ring (bicyclic) bond motifs is 1. The second-order valence-corrected chi connectivity index (χ2v) is 6.19. The van der Waals surface area contributed by atoms with Crippen molar-refractivity contribution in [1.29, 1.82) is 0 Å². The molecule has 1 heterocycles. The van der Waals surface area contributed by atoms with E-state index < -0.39 is 0 Å². The fraction of sp³-hybridized carbons (Fsp3) is 0.500. The molecule has 3 nitrogen and oxygen atoms in total. The van der Waals surface area contributed by atoms with Crippen LogP contribution in [0.4, 0.5) is 5.82 Å². The molecule has 1 N–H and O–H groups in total. The molecule has 0 saturated heterocycles. The van der Waals surface area contributed by atoms with Crippen molar-refractivity contribution in [3.05, 3.63) is 36.0 Å². The van der Waals surface area contributed by atoms with Gasteiger partial charge in [-0.3, -0.25) is 0 Å². The van der Waals surface area contributed by atoms with Crippen molar-refractivity contribution >= 4 is 16.6 Å². The van der Waals surface area contributed by atoms with E-state index >= 15 is 0 Å². The van der Waals surface area contributed by atoms with Gasteiger partial charge in [0.25, 0.3) is 0 Å². The van der Waals surface area contributed by atoms with Crippen LogP contribution in [0.1, 0.15) is 39.3 Å². The maximum absolute atomic E-state index is 4.96. The molecule has 0 amide bonds. The van der Waals surface area contributed by atoms with Gasteiger partial charge in [0.2, 0.25) is 0 Å². The summed E-state index contributed by atoms with van der Waals surface area (Å²) in [7, 11) is 0. The summed E-state index contributed by atoms with van der Waals surface area (Å²) in [6, 6.07) is 12.0. The van der Waals surface area contributed by atoms with Crippen LogP contribution in [0.3, 0.4) is 0 Å². The Morgan fingerprint density at radius 2 is 2.05 bits per heavy atom. The first-order valence-electron chi connectivity index (χ1n) is 8.07. The lowest BCUT2D eigenvalue weighted by Crippen LogP contribution is -2.31. The first kappa shape index (κ1) is 14.3. The van der Waals surface area contributed by atoms with Crippen LogP contribution in [0.25, 0.3) is 10.8 Å². The standard InChI is InChI=1S/C18H25N3/c1-4-21(13(2)3)18-17-8-6-5-7-14(17)11-16(20-18)12-19-15-9-10-15/h5-8,11,13,15,19H,4,9-10,12H2,1-3H3. The van der Waals surface area contributed by atoms with E-state index in [9.17, 15) is 0 Å². The fourth-order valence-corrected chi connectivity index (χ4v) is 2.84. The summed E-state index contributed by atoms with van der Waals surface area (Å²) in [6.45, 7) is 8.52. The summed E-state index contributed by atoms with van der Waals surface area (Å²) in [5.41, 5.74) is 1.15. The second kappa shape index (κ2) is 6.02. The third kappa shape index (κ3) is 3.18. The summed E-state index contributed by atoms with van der Waals surface area (Å²) in [5.74, 6) is 1.12. The van der Waals surface area contributed by atoms with Gasteiger partial charge in [0, 0.05) is 30.6 Å². The minimum absolute atomic E-state index is 0.456. The Bertz CT molecular complexity index is 617. The molecule has 1 aromatic heterocycles. The van der Waals surface area contributed by atoms with E-state index in [1.54, 1.807) is 0 Å². The largest absolute Gasteiger partial charge is 0.354 e. The molecule has 112 valence electrons. The molecule has 3 rings (SSSR count). The van der Waals surface area contributed by atoms with Gasteiger partial charge in [0.05, 0.1) is 5.69 Å². The molecule has 0 bridgehead atoms. The first-order chi connectivity index (χ1) is 10.2. The van der Waals surface area contributed by atoms with Crippen molar-refractivity contribution in [2.45, 2.75) is 52.2 Å². The number of hydrogen-bond acceptors (Lipinski definition) is 3. The third-order valence-corrected chi connectivity index (χ3v) is 4.16. The zero-order valence-corrected chi connectivity index (χ0v) is 13.3. The topological polar surface area (TPSA) is 28.2 Å². The summed E-state index contributed by atoms with van der Waals surface area (Å²) in [5, 5.41) is 6.11. The fourth-order valence-electron chi connectivity index (χ4n) is 2.84. The highest BCUT2D eigenvalue weighted by molar-refractivity contribution is 5.92. The molecule has 0 unspecified atom stereocenters. The van der Waals surface area contributed by atoms with Gasteiger partial charge < -0.3 is 10.2 Å². The number of rotatable bonds is 6. The van der Waals surface area contributed by atoms with Crippen molar-refractivity contribution in [3.63, 3.8) is 0 Å². The molecule has 1 aliphatic carbocycles. The SMILES string of the molecule is CCN(c1nc(CNC2CC2)cc2ccccc12)C(C)C. The van der Waals surface area contributed by atoms with E-state index in [0.29, 0.717) is 12.1 Å². The van der Waals surface area contributed by atoms with Crippen molar-refractivity contribution in [2.75, 3.05) is 11.4 Å². The quantitative estimate of drug-likeness (QED) is 0.875. The molecule has 1 fully saturated rings. The molecule has 3 heteroatoms. The molecule has 0 radical (unpaired) electrons. The Morgan fingerprint density at radius 1 is 1.29 bits per heavy atom. The first-order valence-corrected chi connectivity index (χ1v) is 8.07. The monoisotopic (exact) mass is 283 g/mol. The molecule has 2 aromatic rings. The lowest BCUT2D eigenvalue weighted by atomic mass is 10.1. The Morgan fingerprint density at radius 3 is 2.71 bits per heavy atom. The number of hydrogen-bond donors (Lipinski definition) is 1. The highest BCUT2D eigenvalue weighted by Gasteiger charge is 2.21. The van der Waals surface area contributed by atoms with Crippen LogP contribution in [-0.2, 0) is 6.54 Å². The van der Waals surface area contributed by atoms with Gasteiger partial charge in [-0.2, -0.15) is 0 Å². The van der Waals surface area contributed by atoms with Gasteiger partial charge in [-0.1, -0.05) is 24.3 Å². The van der Waals surface area contributed by atoms with Gasteiger partial charge >= 0.3 is 0 Å². The normalized spacial score (nSPS) is 14.9. The van der Waals surface area contributed by atoms with Crippen LogP contribution in [0.15, 0.2) is 30.3 Å². The number of aromatic nitrogens is 1. The van der Waals surface area contributed by atoms with Crippen molar-refractivity contribution in [3.8, 4) is 0 Å². The zero-order chi connectivity index (χ0) is 14.8. The predicted molar refractivity (Wildman–Crippen MR) is 89.8 cm³/mol. The summed E-state index contributed by atoms with van der Waals surface area (Å²) < 4.78 is 0. The van der Waals surface area contributed by atoms with Gasteiger partial charge in [-0.25, -0.2) is 4.98 Å².